The van der Waals surface area contributed by atoms with Gasteiger partial charge in [0.05, 0.1) is 22.1 Å². The van der Waals surface area contributed by atoms with E-state index in [9.17, 15) is 0 Å². The molecule has 0 saturated carbocycles. The van der Waals surface area contributed by atoms with E-state index in [1.54, 1.807) is 0 Å². The van der Waals surface area contributed by atoms with E-state index in [1.165, 1.54) is 71.6 Å². The van der Waals surface area contributed by atoms with E-state index in [0.29, 0.717) is 0 Å². The summed E-state index contributed by atoms with van der Waals surface area (Å²) >= 11 is 0. The zero-order valence-electron chi connectivity index (χ0n) is 22.9. The Morgan fingerprint density at radius 3 is 1.68 bits per heavy atom. The van der Waals surface area contributed by atoms with Gasteiger partial charge in [-0.15, -0.1) is 0 Å². The monoisotopic (exact) mass is 524 g/mol. The van der Waals surface area contributed by atoms with Gasteiger partial charge in [-0.2, -0.15) is 0 Å². The predicted octanol–water partition coefficient (Wildman–Crippen LogP) is 10.7. The molecule has 0 radical (unpaired) electrons. The zero-order chi connectivity index (χ0) is 27.5. The van der Waals surface area contributed by atoms with Gasteiger partial charge in [-0.25, -0.2) is 0 Å². The van der Waals surface area contributed by atoms with Crippen molar-refractivity contribution < 1.29 is 0 Å². The molecular formula is C39H28N2. The number of hydrogen-bond donors (Lipinski definition) is 0. The normalized spacial score (nSPS) is 11.6. The van der Waals surface area contributed by atoms with Gasteiger partial charge >= 0.3 is 0 Å². The first-order valence-corrected chi connectivity index (χ1v) is 14.1. The van der Waals surface area contributed by atoms with E-state index < -0.39 is 0 Å². The average molecular weight is 525 g/mol. The Morgan fingerprint density at radius 1 is 0.439 bits per heavy atom. The highest BCUT2D eigenvalue weighted by Crippen LogP contribution is 2.38. The van der Waals surface area contributed by atoms with Gasteiger partial charge in [0, 0.05) is 32.9 Å². The molecule has 0 saturated heterocycles. The zero-order valence-corrected chi connectivity index (χ0v) is 22.9. The molecule has 6 aromatic carbocycles. The lowest BCUT2D eigenvalue weighted by atomic mass is 10.0. The third kappa shape index (κ3) is 3.65. The minimum Gasteiger partial charge on any atom is -0.314 e. The van der Waals surface area contributed by atoms with Crippen molar-refractivity contribution in [3.05, 3.63) is 146 Å². The second-order valence-electron chi connectivity index (χ2n) is 10.8. The molecule has 0 spiro atoms. The highest BCUT2D eigenvalue weighted by Gasteiger charge is 2.15. The largest absolute Gasteiger partial charge is 0.314 e. The smallest absolute Gasteiger partial charge is 0.0541 e. The highest BCUT2D eigenvalue weighted by atomic mass is 15.0. The summed E-state index contributed by atoms with van der Waals surface area (Å²) in [6.45, 7) is 6.32. The second kappa shape index (κ2) is 9.11. The molecule has 2 heterocycles. The molecular weight excluding hydrogens is 496 g/mol. The standard InChI is InChI=1S/C39H28N2/c1-26(2)40-36-17-8-6-15-32(36)34-24-29(19-21-38(34)40)30-20-22-39-35(25-30)33-16-7-9-18-37(33)41(39)31-14-10-13-28(23-31)27-11-4-3-5-12-27/h3-25H,1H2,2H3. The third-order valence-corrected chi connectivity index (χ3v) is 8.27. The fourth-order valence-electron chi connectivity index (χ4n) is 6.45. The van der Waals surface area contributed by atoms with E-state index in [1.807, 2.05) is 0 Å². The van der Waals surface area contributed by atoms with Gasteiger partial charge in [0.1, 0.15) is 0 Å². The lowest BCUT2D eigenvalue weighted by Crippen LogP contribution is -1.94. The van der Waals surface area contributed by atoms with E-state index >= 15 is 0 Å². The van der Waals surface area contributed by atoms with Crippen LogP contribution in [0.2, 0.25) is 0 Å². The van der Waals surface area contributed by atoms with Crippen molar-refractivity contribution >= 4 is 49.3 Å². The van der Waals surface area contributed by atoms with Gasteiger partial charge in [-0.1, -0.05) is 97.6 Å². The summed E-state index contributed by atoms with van der Waals surface area (Å²) in [6.07, 6.45) is 0. The number of fused-ring (bicyclic) bond motifs is 6. The Balaban J connectivity index is 1.33. The average Bonchev–Trinajstić information content (AvgIpc) is 3.54. The number of para-hydroxylation sites is 2. The second-order valence-corrected chi connectivity index (χ2v) is 10.8. The minimum atomic E-state index is 1.02. The fourth-order valence-corrected chi connectivity index (χ4v) is 6.45. The molecule has 0 aliphatic carbocycles. The molecule has 0 unspecified atom stereocenters. The fraction of sp³-hybridized carbons (Fsp3) is 0.0256. The minimum absolute atomic E-state index is 1.02. The Labute approximate surface area is 239 Å². The van der Waals surface area contributed by atoms with Crippen molar-refractivity contribution in [1.82, 2.24) is 9.13 Å². The van der Waals surface area contributed by atoms with Crippen LogP contribution in [0.5, 0.6) is 0 Å². The van der Waals surface area contributed by atoms with Crippen LogP contribution in [0.1, 0.15) is 6.92 Å². The van der Waals surface area contributed by atoms with Crippen LogP contribution in [-0.4, -0.2) is 9.13 Å². The number of allylic oxidation sites excluding steroid dienone is 1. The summed E-state index contributed by atoms with van der Waals surface area (Å²) < 4.78 is 4.65. The quantitative estimate of drug-likeness (QED) is 0.217. The van der Waals surface area contributed by atoms with Crippen molar-refractivity contribution in [2.45, 2.75) is 6.92 Å². The first-order valence-electron chi connectivity index (χ1n) is 14.1. The molecule has 0 N–H and O–H groups in total. The molecule has 194 valence electrons. The Kier molecular flexibility index (Phi) is 5.23. The van der Waals surface area contributed by atoms with Crippen LogP contribution in [0, 0.1) is 0 Å². The summed E-state index contributed by atoms with van der Waals surface area (Å²) in [5, 5.41) is 5.02. The number of hydrogen-bond acceptors (Lipinski definition) is 0. The van der Waals surface area contributed by atoms with Gasteiger partial charge in [-0.05, 0) is 77.7 Å². The summed E-state index contributed by atoms with van der Waals surface area (Å²) in [4.78, 5) is 0. The van der Waals surface area contributed by atoms with Crippen LogP contribution in [-0.2, 0) is 0 Å². The van der Waals surface area contributed by atoms with Crippen LogP contribution >= 0.6 is 0 Å². The molecule has 8 rings (SSSR count). The van der Waals surface area contributed by atoms with Gasteiger partial charge < -0.3 is 9.13 Å². The maximum Gasteiger partial charge on any atom is 0.0541 e. The molecule has 0 aliphatic rings. The van der Waals surface area contributed by atoms with E-state index in [4.69, 9.17) is 0 Å². The van der Waals surface area contributed by atoms with E-state index in [-0.39, 0.29) is 0 Å². The number of aromatic nitrogens is 2. The van der Waals surface area contributed by atoms with Crippen LogP contribution in [0.4, 0.5) is 0 Å². The highest BCUT2D eigenvalue weighted by molar-refractivity contribution is 6.13. The van der Waals surface area contributed by atoms with Gasteiger partial charge in [0.2, 0.25) is 0 Å². The number of benzene rings is 6. The number of rotatable bonds is 4. The molecule has 2 nitrogen and oxygen atoms in total. The summed E-state index contributed by atoms with van der Waals surface area (Å²) in [6, 6.07) is 50.5. The first kappa shape index (κ1) is 23.5. The maximum absolute atomic E-state index is 4.25. The summed E-state index contributed by atoms with van der Waals surface area (Å²) in [7, 11) is 0. The Bertz CT molecular complexity index is 2280. The van der Waals surface area contributed by atoms with Crippen LogP contribution in [0.3, 0.4) is 0 Å². The molecule has 8 aromatic rings. The van der Waals surface area contributed by atoms with E-state index in [0.717, 1.165) is 5.70 Å². The van der Waals surface area contributed by atoms with Gasteiger partial charge in [0.25, 0.3) is 0 Å². The molecule has 0 aliphatic heterocycles. The Morgan fingerprint density at radius 2 is 0.951 bits per heavy atom. The molecule has 0 atom stereocenters. The van der Waals surface area contributed by atoms with Gasteiger partial charge in [-0.3, -0.25) is 0 Å². The molecule has 0 fully saturated rings. The molecule has 0 amide bonds. The summed E-state index contributed by atoms with van der Waals surface area (Å²) in [5.41, 5.74) is 11.9. The van der Waals surface area contributed by atoms with E-state index in [2.05, 4.69) is 162 Å². The summed E-state index contributed by atoms with van der Waals surface area (Å²) in [5.74, 6) is 0. The van der Waals surface area contributed by atoms with Crippen LogP contribution < -0.4 is 0 Å². The van der Waals surface area contributed by atoms with Crippen molar-refractivity contribution in [3.63, 3.8) is 0 Å². The third-order valence-electron chi connectivity index (χ3n) is 8.27. The number of nitrogens with zero attached hydrogens (tertiary/aromatic N) is 2. The molecule has 2 aromatic heterocycles. The van der Waals surface area contributed by atoms with Gasteiger partial charge in [0.15, 0.2) is 0 Å². The predicted molar refractivity (Wildman–Crippen MR) is 176 cm³/mol. The Hall–Kier alpha value is -5.34. The SMILES string of the molecule is C=C(C)n1c2ccccc2c2cc(-c3ccc4c(c3)c3ccccc3n4-c3cccc(-c4ccccc4)c3)ccc21. The topological polar surface area (TPSA) is 9.86 Å². The first-order chi connectivity index (χ1) is 20.2. The maximum atomic E-state index is 4.25. The lowest BCUT2D eigenvalue weighted by molar-refractivity contribution is 1.18. The molecule has 0 bridgehead atoms. The molecule has 41 heavy (non-hydrogen) atoms. The van der Waals surface area contributed by atoms with Crippen LogP contribution in [0.15, 0.2) is 146 Å². The lowest BCUT2D eigenvalue weighted by Gasteiger charge is -2.11. The van der Waals surface area contributed by atoms with Crippen molar-refractivity contribution in [2.24, 2.45) is 0 Å². The van der Waals surface area contributed by atoms with Crippen molar-refractivity contribution in [2.75, 3.05) is 0 Å². The van der Waals surface area contributed by atoms with Crippen molar-refractivity contribution in [1.29, 1.82) is 0 Å². The molecule has 2 heteroatoms. The van der Waals surface area contributed by atoms with Crippen molar-refractivity contribution in [3.8, 4) is 27.9 Å². The van der Waals surface area contributed by atoms with Crippen LogP contribution in [0.25, 0.3) is 77.2 Å².